The van der Waals surface area contributed by atoms with E-state index in [1.165, 1.54) is 43.7 Å². The number of piperidine rings is 1. The Morgan fingerprint density at radius 3 is 2.70 bits per heavy atom. The van der Waals surface area contributed by atoms with E-state index in [0.29, 0.717) is 5.92 Å². The lowest BCUT2D eigenvalue weighted by Gasteiger charge is -2.30. The first-order valence-corrected chi connectivity index (χ1v) is 8.01. The fraction of sp³-hybridized carbons (Fsp3) is 0.812. The van der Waals surface area contributed by atoms with Gasteiger partial charge in [-0.05, 0) is 37.8 Å². The number of rotatable bonds is 6. The minimum Gasteiger partial charge on any atom is -0.311 e. The van der Waals surface area contributed by atoms with Crippen molar-refractivity contribution in [2.45, 2.75) is 46.1 Å². The van der Waals surface area contributed by atoms with Crippen molar-refractivity contribution in [3.63, 3.8) is 0 Å². The van der Waals surface area contributed by atoms with Crippen molar-refractivity contribution >= 4 is 0 Å². The summed E-state index contributed by atoms with van der Waals surface area (Å²) in [7, 11) is 2.00. The lowest BCUT2D eigenvalue weighted by molar-refractivity contribution is 0.193. The van der Waals surface area contributed by atoms with Gasteiger partial charge in [-0.1, -0.05) is 20.8 Å². The lowest BCUT2D eigenvalue weighted by atomic mass is 9.99. The van der Waals surface area contributed by atoms with E-state index >= 15 is 0 Å². The van der Waals surface area contributed by atoms with Crippen LogP contribution >= 0.6 is 0 Å². The van der Waals surface area contributed by atoms with E-state index in [1.54, 1.807) is 0 Å². The van der Waals surface area contributed by atoms with Crippen LogP contribution in [0.5, 0.6) is 0 Å². The van der Waals surface area contributed by atoms with Gasteiger partial charge in [0.05, 0.1) is 5.69 Å². The summed E-state index contributed by atoms with van der Waals surface area (Å²) in [5, 5.41) is 8.13. The second-order valence-corrected chi connectivity index (χ2v) is 6.57. The molecule has 20 heavy (non-hydrogen) atoms. The normalized spacial score (nSPS) is 18.1. The average molecular weight is 278 g/mol. The quantitative estimate of drug-likeness (QED) is 0.811. The maximum absolute atomic E-state index is 4.55. The molecule has 2 rings (SSSR count). The molecule has 2 heterocycles. The molecule has 0 spiro atoms. The molecule has 1 aromatic rings. The van der Waals surface area contributed by atoms with E-state index in [1.807, 2.05) is 11.7 Å². The molecule has 114 valence electrons. The number of nitrogens with zero attached hydrogens (tertiary/aromatic N) is 3. The molecular formula is C16H30N4. The van der Waals surface area contributed by atoms with Crippen LogP contribution in [0.4, 0.5) is 0 Å². The summed E-state index contributed by atoms with van der Waals surface area (Å²) in [6.07, 6.45) is 4.87. The summed E-state index contributed by atoms with van der Waals surface area (Å²) in [6.45, 7) is 12.5. The number of aromatic nitrogens is 2. The van der Waals surface area contributed by atoms with Crippen LogP contribution in [-0.2, 0) is 13.6 Å². The Morgan fingerprint density at radius 1 is 1.35 bits per heavy atom. The summed E-state index contributed by atoms with van der Waals surface area (Å²) in [5.41, 5.74) is 2.57. The van der Waals surface area contributed by atoms with Crippen molar-refractivity contribution in [1.82, 2.24) is 20.0 Å². The van der Waals surface area contributed by atoms with Gasteiger partial charge in [0.15, 0.2) is 0 Å². The Balaban J connectivity index is 1.71. The van der Waals surface area contributed by atoms with Gasteiger partial charge in [0.25, 0.3) is 0 Å². The van der Waals surface area contributed by atoms with Gasteiger partial charge in [-0.25, -0.2) is 0 Å². The maximum atomic E-state index is 4.55. The second kappa shape index (κ2) is 7.23. The second-order valence-electron chi connectivity index (χ2n) is 6.57. The summed E-state index contributed by atoms with van der Waals surface area (Å²) < 4.78 is 1.93. The molecule has 0 aliphatic carbocycles. The molecule has 0 unspecified atom stereocenters. The zero-order valence-corrected chi connectivity index (χ0v) is 13.5. The number of hydrogen-bond donors (Lipinski definition) is 1. The first-order valence-electron chi connectivity index (χ1n) is 8.01. The van der Waals surface area contributed by atoms with Gasteiger partial charge in [-0.15, -0.1) is 0 Å². The minimum atomic E-state index is 0.497. The van der Waals surface area contributed by atoms with Crippen molar-refractivity contribution in [1.29, 1.82) is 0 Å². The largest absolute Gasteiger partial charge is 0.311 e. The lowest BCUT2D eigenvalue weighted by Crippen LogP contribution is -2.37. The van der Waals surface area contributed by atoms with Crippen molar-refractivity contribution in [3.8, 4) is 0 Å². The fourth-order valence-electron chi connectivity index (χ4n) is 2.92. The first-order chi connectivity index (χ1) is 9.56. The summed E-state index contributed by atoms with van der Waals surface area (Å²) in [4.78, 5) is 2.58. The van der Waals surface area contributed by atoms with Crippen LogP contribution in [0.15, 0.2) is 6.20 Å². The molecule has 0 atom stereocenters. The van der Waals surface area contributed by atoms with Crippen molar-refractivity contribution < 1.29 is 0 Å². The molecule has 0 radical (unpaired) electrons. The van der Waals surface area contributed by atoms with Gasteiger partial charge < -0.3 is 10.2 Å². The Bertz CT molecular complexity index is 403. The highest BCUT2D eigenvalue weighted by atomic mass is 15.3. The highest BCUT2D eigenvalue weighted by Crippen LogP contribution is 2.17. The fourth-order valence-corrected chi connectivity index (χ4v) is 2.92. The number of likely N-dealkylation sites (tertiary alicyclic amines) is 1. The topological polar surface area (TPSA) is 33.1 Å². The molecule has 0 bridgehead atoms. The first kappa shape index (κ1) is 15.5. The molecule has 0 amide bonds. The summed E-state index contributed by atoms with van der Waals surface area (Å²) in [6, 6.07) is 0. The van der Waals surface area contributed by atoms with Crippen molar-refractivity contribution in [2.75, 3.05) is 26.2 Å². The van der Waals surface area contributed by atoms with E-state index in [2.05, 4.69) is 42.3 Å². The third kappa shape index (κ3) is 4.32. The molecule has 1 fully saturated rings. The van der Waals surface area contributed by atoms with Gasteiger partial charge in [0.2, 0.25) is 0 Å². The van der Waals surface area contributed by atoms with Crippen molar-refractivity contribution in [3.05, 3.63) is 17.5 Å². The number of hydrogen-bond acceptors (Lipinski definition) is 3. The Kier molecular flexibility index (Phi) is 5.61. The van der Waals surface area contributed by atoms with Crippen LogP contribution in [0.3, 0.4) is 0 Å². The molecule has 1 aliphatic rings. The van der Waals surface area contributed by atoms with Crippen LogP contribution < -0.4 is 5.32 Å². The number of aryl methyl sites for hydroxylation is 1. The predicted octanol–water partition coefficient (Wildman–Crippen LogP) is 2.36. The van der Waals surface area contributed by atoms with Crippen LogP contribution in [0.25, 0.3) is 0 Å². The van der Waals surface area contributed by atoms with Crippen LogP contribution in [0, 0.1) is 5.92 Å². The Hall–Kier alpha value is -0.870. The Morgan fingerprint density at radius 2 is 2.05 bits per heavy atom. The predicted molar refractivity (Wildman–Crippen MR) is 83.8 cm³/mol. The molecule has 0 saturated carbocycles. The molecule has 1 N–H and O–H groups in total. The van der Waals surface area contributed by atoms with Crippen LogP contribution in [0.1, 0.15) is 50.8 Å². The standard InChI is InChI=1S/C16H30N4/c1-13(2)16-15(12-19(4)18-16)11-17-7-10-20-8-5-14(3)6-9-20/h12-14,17H,5-11H2,1-4H3. The molecule has 4 heteroatoms. The molecule has 1 aliphatic heterocycles. The molecule has 1 saturated heterocycles. The van der Waals surface area contributed by atoms with Gasteiger partial charge >= 0.3 is 0 Å². The number of nitrogens with one attached hydrogen (secondary N) is 1. The van der Waals surface area contributed by atoms with Gasteiger partial charge in [0.1, 0.15) is 0 Å². The van der Waals surface area contributed by atoms with E-state index in [-0.39, 0.29) is 0 Å². The summed E-state index contributed by atoms with van der Waals surface area (Å²) in [5.74, 6) is 1.42. The van der Waals surface area contributed by atoms with Gasteiger partial charge in [0, 0.05) is 38.4 Å². The van der Waals surface area contributed by atoms with E-state index < -0.39 is 0 Å². The third-order valence-electron chi connectivity index (χ3n) is 4.28. The Labute approximate surface area is 123 Å². The monoisotopic (exact) mass is 278 g/mol. The summed E-state index contributed by atoms with van der Waals surface area (Å²) >= 11 is 0. The molecule has 4 nitrogen and oxygen atoms in total. The van der Waals surface area contributed by atoms with E-state index in [9.17, 15) is 0 Å². The van der Waals surface area contributed by atoms with Crippen LogP contribution in [-0.4, -0.2) is 40.9 Å². The van der Waals surface area contributed by atoms with Crippen molar-refractivity contribution in [2.24, 2.45) is 13.0 Å². The smallest absolute Gasteiger partial charge is 0.0694 e. The maximum Gasteiger partial charge on any atom is 0.0694 e. The molecule has 1 aromatic heterocycles. The van der Waals surface area contributed by atoms with Gasteiger partial charge in [-0.3, -0.25) is 4.68 Å². The molecule has 0 aromatic carbocycles. The molecular weight excluding hydrogens is 248 g/mol. The zero-order chi connectivity index (χ0) is 14.5. The van der Waals surface area contributed by atoms with E-state index in [0.717, 1.165) is 19.0 Å². The van der Waals surface area contributed by atoms with E-state index in [4.69, 9.17) is 0 Å². The third-order valence-corrected chi connectivity index (χ3v) is 4.28. The van der Waals surface area contributed by atoms with Gasteiger partial charge in [-0.2, -0.15) is 5.10 Å². The minimum absolute atomic E-state index is 0.497. The average Bonchev–Trinajstić information content (AvgIpc) is 2.78. The van der Waals surface area contributed by atoms with Crippen LogP contribution in [0.2, 0.25) is 0 Å². The SMILES string of the molecule is CC1CCN(CCNCc2cn(C)nc2C(C)C)CC1. The highest BCUT2D eigenvalue weighted by molar-refractivity contribution is 5.19. The highest BCUT2D eigenvalue weighted by Gasteiger charge is 2.15. The zero-order valence-electron chi connectivity index (χ0n) is 13.5.